The van der Waals surface area contributed by atoms with Crippen molar-refractivity contribution in [3.63, 3.8) is 0 Å². The van der Waals surface area contributed by atoms with Crippen molar-refractivity contribution in [2.75, 3.05) is 11.9 Å². The van der Waals surface area contributed by atoms with Gasteiger partial charge in [-0.15, -0.1) is 0 Å². The molecule has 0 unspecified atom stereocenters. The molecule has 3 N–H and O–H groups in total. The molecule has 0 bridgehead atoms. The molecule has 0 saturated heterocycles. The van der Waals surface area contributed by atoms with Crippen LogP contribution in [0.3, 0.4) is 0 Å². The first kappa shape index (κ1) is 34.1. The zero-order chi connectivity index (χ0) is 32.6. The van der Waals surface area contributed by atoms with E-state index >= 15 is 0 Å². The third-order valence-electron chi connectivity index (χ3n) is 6.77. The average Bonchev–Trinajstić information content (AvgIpc) is 3.46. The minimum atomic E-state index is -4.81. The number of ether oxygens (including phenoxy) is 1. The van der Waals surface area contributed by atoms with Crippen LogP contribution < -0.4 is 20.1 Å². The Morgan fingerprint density at radius 2 is 1.76 bits per heavy atom. The maximum absolute atomic E-state index is 13.6. The lowest BCUT2D eigenvalue weighted by atomic mass is 9.83. The van der Waals surface area contributed by atoms with Crippen LogP contribution in [0.2, 0.25) is 0 Å². The smallest absolute Gasteiger partial charge is 0.402 e. The van der Waals surface area contributed by atoms with Crippen molar-refractivity contribution >= 4 is 39.3 Å². The molecule has 0 radical (unpaired) electrons. The predicted octanol–water partition coefficient (Wildman–Crippen LogP) is 5.12. The molecule has 3 aromatic rings. The van der Waals surface area contributed by atoms with Gasteiger partial charge in [-0.25, -0.2) is 17.8 Å². The first-order valence-electron chi connectivity index (χ1n) is 13.6. The third kappa shape index (κ3) is 9.86. The van der Waals surface area contributed by atoms with Crippen molar-refractivity contribution in [3.05, 3.63) is 59.8 Å². The van der Waals surface area contributed by atoms with E-state index in [-0.39, 0.29) is 35.7 Å². The molecule has 2 amide bonds. The number of halogens is 5. The fraction of sp³-hybridized carbons (Fsp3) is 0.407. The minimum absolute atomic E-state index is 0.0185. The number of carbonyl (C=O) groups excluding carboxylic acids is 2. The molecule has 244 valence electrons. The van der Waals surface area contributed by atoms with Crippen LogP contribution in [0.1, 0.15) is 48.2 Å². The number of thioether (sulfide) groups is 1. The van der Waals surface area contributed by atoms with Crippen molar-refractivity contribution in [3.8, 4) is 5.75 Å². The number of nitrogens with one attached hydrogen (secondary N) is 3. The zero-order valence-electron chi connectivity index (χ0n) is 23.4. The summed E-state index contributed by atoms with van der Waals surface area (Å²) < 4.78 is 101. The number of carbonyl (C=O) groups is 2. The van der Waals surface area contributed by atoms with Gasteiger partial charge in [0.1, 0.15) is 29.8 Å². The Morgan fingerprint density at radius 3 is 2.42 bits per heavy atom. The molecular weight excluding hydrogens is 649 g/mol. The Morgan fingerprint density at radius 1 is 1.04 bits per heavy atom. The Kier molecular flexibility index (Phi) is 11.4. The SMILES string of the molecule is O=C(N[C@H](C(=O)Nc1ccc(S(=O)(=O)NCC(F)(F)F)c(OCc2ccccc2)c1)C1CCCCC1)c1nonc1SC(F)F. The highest BCUT2D eigenvalue weighted by molar-refractivity contribution is 7.99. The van der Waals surface area contributed by atoms with Gasteiger partial charge in [0.25, 0.3) is 11.7 Å². The summed E-state index contributed by atoms with van der Waals surface area (Å²) in [4.78, 5) is 26.0. The highest BCUT2D eigenvalue weighted by atomic mass is 32.2. The normalized spacial score (nSPS) is 15.1. The molecule has 0 spiro atoms. The molecule has 0 aliphatic heterocycles. The van der Waals surface area contributed by atoms with Gasteiger partial charge in [-0.2, -0.15) is 22.0 Å². The van der Waals surface area contributed by atoms with Crippen LogP contribution in [0, 0.1) is 5.92 Å². The van der Waals surface area contributed by atoms with E-state index in [1.807, 2.05) is 0 Å². The van der Waals surface area contributed by atoms with E-state index in [2.05, 4.69) is 25.6 Å². The summed E-state index contributed by atoms with van der Waals surface area (Å²) in [6.45, 7) is -1.96. The van der Waals surface area contributed by atoms with Gasteiger partial charge in [0.2, 0.25) is 21.6 Å². The summed E-state index contributed by atoms with van der Waals surface area (Å²) in [5.74, 6) is -5.26. The number of alkyl halides is 5. The molecule has 1 aliphatic carbocycles. The van der Waals surface area contributed by atoms with Gasteiger partial charge in [0.05, 0.1) is 0 Å². The van der Waals surface area contributed by atoms with Gasteiger partial charge in [0, 0.05) is 11.8 Å². The second kappa shape index (κ2) is 15.0. The average molecular weight is 678 g/mol. The van der Waals surface area contributed by atoms with Gasteiger partial charge in [0.15, 0.2) is 5.03 Å². The number of sulfonamides is 1. The van der Waals surface area contributed by atoms with Crippen molar-refractivity contribution in [2.45, 2.75) is 66.6 Å². The number of aromatic nitrogens is 2. The zero-order valence-corrected chi connectivity index (χ0v) is 25.0. The summed E-state index contributed by atoms with van der Waals surface area (Å²) in [6, 6.07) is 10.7. The number of hydrogen-bond acceptors (Lipinski definition) is 9. The first-order valence-corrected chi connectivity index (χ1v) is 15.9. The molecule has 18 heteroatoms. The van der Waals surface area contributed by atoms with E-state index in [1.54, 1.807) is 30.3 Å². The Balaban J connectivity index is 1.59. The van der Waals surface area contributed by atoms with Crippen molar-refractivity contribution in [2.24, 2.45) is 5.92 Å². The molecule has 1 fully saturated rings. The third-order valence-corrected chi connectivity index (χ3v) is 8.88. The van der Waals surface area contributed by atoms with Crippen LogP contribution in [0.25, 0.3) is 0 Å². The number of amides is 2. The van der Waals surface area contributed by atoms with E-state index < -0.39 is 62.0 Å². The largest absolute Gasteiger partial charge is 0.487 e. The fourth-order valence-corrected chi connectivity index (χ4v) is 6.31. The summed E-state index contributed by atoms with van der Waals surface area (Å²) in [6.07, 6.45) is -1.20. The van der Waals surface area contributed by atoms with Gasteiger partial charge in [-0.3, -0.25) is 9.59 Å². The number of anilines is 1. The second-order valence-corrected chi connectivity index (χ2v) is 12.7. The Labute approximate surface area is 258 Å². The number of rotatable bonds is 13. The van der Waals surface area contributed by atoms with Crippen LogP contribution in [0.15, 0.2) is 63.1 Å². The van der Waals surface area contributed by atoms with Crippen LogP contribution in [-0.2, 0) is 21.4 Å². The highest BCUT2D eigenvalue weighted by Gasteiger charge is 2.34. The second-order valence-electron chi connectivity index (χ2n) is 10.0. The molecular formula is C27H28F5N5O6S2. The predicted molar refractivity (Wildman–Crippen MR) is 151 cm³/mol. The van der Waals surface area contributed by atoms with Crippen molar-refractivity contribution in [1.29, 1.82) is 0 Å². The Hall–Kier alpha value is -3.77. The lowest BCUT2D eigenvalue weighted by Gasteiger charge is -2.30. The van der Waals surface area contributed by atoms with Gasteiger partial charge >= 0.3 is 6.18 Å². The van der Waals surface area contributed by atoms with Crippen LogP contribution in [0.5, 0.6) is 5.75 Å². The fourth-order valence-electron chi connectivity index (χ4n) is 4.69. The van der Waals surface area contributed by atoms with E-state index in [1.165, 1.54) is 4.72 Å². The maximum Gasteiger partial charge on any atom is 0.402 e. The molecule has 1 atom stereocenters. The molecule has 11 nitrogen and oxygen atoms in total. The van der Waals surface area contributed by atoms with Crippen molar-refractivity contribution in [1.82, 2.24) is 20.4 Å². The van der Waals surface area contributed by atoms with Gasteiger partial charge in [-0.1, -0.05) is 49.6 Å². The molecule has 2 aromatic carbocycles. The summed E-state index contributed by atoms with van der Waals surface area (Å²) in [5, 5.41) is 11.4. The maximum atomic E-state index is 13.6. The number of hydrogen-bond donors (Lipinski definition) is 3. The lowest BCUT2D eigenvalue weighted by molar-refractivity contribution is -0.121. The monoisotopic (exact) mass is 677 g/mol. The van der Waals surface area contributed by atoms with Crippen LogP contribution >= 0.6 is 11.8 Å². The minimum Gasteiger partial charge on any atom is -0.487 e. The first-order chi connectivity index (χ1) is 21.3. The molecule has 45 heavy (non-hydrogen) atoms. The molecule has 1 heterocycles. The van der Waals surface area contributed by atoms with Crippen LogP contribution in [-0.4, -0.2) is 55.1 Å². The quantitative estimate of drug-likeness (QED) is 0.165. The summed E-state index contributed by atoms with van der Waals surface area (Å²) >= 11 is -0.0463. The summed E-state index contributed by atoms with van der Waals surface area (Å²) in [5.41, 5.74) is 0.127. The van der Waals surface area contributed by atoms with Crippen molar-refractivity contribution < 1.29 is 49.3 Å². The molecule has 1 aliphatic rings. The number of nitrogens with zero attached hydrogens (tertiary/aromatic N) is 2. The van der Waals surface area contributed by atoms with E-state index in [4.69, 9.17) is 4.74 Å². The standard InChI is InChI=1S/C27H28F5N5O6S2/c28-26(29)44-25-22(36-43-37-25)24(39)35-21(17-9-5-2-6-10-17)23(38)34-18-11-12-20(45(40,41)33-15-27(30,31)32)19(13-18)42-14-16-7-3-1-4-8-16/h1,3-4,7-8,11-13,17,21,26,33H,2,5-6,9-10,14-15H2,(H,34,38)(H,35,39)/t21-/m0/s1. The van der Waals surface area contributed by atoms with Gasteiger partial charge < -0.3 is 15.4 Å². The molecule has 1 saturated carbocycles. The van der Waals surface area contributed by atoms with E-state index in [9.17, 15) is 40.0 Å². The van der Waals surface area contributed by atoms with E-state index in [0.29, 0.717) is 18.4 Å². The topological polar surface area (TPSA) is 153 Å². The van der Waals surface area contributed by atoms with Crippen LogP contribution in [0.4, 0.5) is 27.6 Å². The van der Waals surface area contributed by atoms with Gasteiger partial charge in [-0.05, 0) is 58.5 Å². The highest BCUT2D eigenvalue weighted by Crippen LogP contribution is 2.32. The number of benzene rings is 2. The van der Waals surface area contributed by atoms with E-state index in [0.717, 1.165) is 37.5 Å². The Bertz CT molecular complexity index is 1570. The molecule has 1 aromatic heterocycles. The molecule has 4 rings (SSSR count). The summed E-state index contributed by atoms with van der Waals surface area (Å²) in [7, 11) is -4.70. The lowest BCUT2D eigenvalue weighted by Crippen LogP contribution is -2.49.